The van der Waals surface area contributed by atoms with Crippen molar-refractivity contribution in [1.82, 2.24) is 9.97 Å². The summed E-state index contributed by atoms with van der Waals surface area (Å²) in [6.07, 6.45) is 3.59. The highest BCUT2D eigenvalue weighted by atomic mass is 15.3. The van der Waals surface area contributed by atoms with Crippen molar-refractivity contribution in [2.24, 2.45) is 0 Å². The number of fused-ring (bicyclic) bond motifs is 1. The molecule has 4 nitrogen and oxygen atoms in total. The third-order valence-corrected chi connectivity index (χ3v) is 7.84. The molecule has 5 aromatic carbocycles. The van der Waals surface area contributed by atoms with Crippen LogP contribution in [0.2, 0.25) is 0 Å². The minimum absolute atomic E-state index is 0.633. The zero-order valence-electron chi connectivity index (χ0n) is 25.2. The molecular weight excluding hydrogens is 512 g/mol. The second-order valence-electron chi connectivity index (χ2n) is 11.2. The summed E-state index contributed by atoms with van der Waals surface area (Å²) < 4.78 is 0. The van der Waals surface area contributed by atoms with E-state index in [-0.39, 0.29) is 0 Å². The second kappa shape index (κ2) is 11.1. The van der Waals surface area contributed by atoms with Gasteiger partial charge in [-0.3, -0.25) is 4.90 Å². The van der Waals surface area contributed by atoms with Gasteiger partial charge >= 0.3 is 0 Å². The molecule has 0 amide bonds. The summed E-state index contributed by atoms with van der Waals surface area (Å²) in [7, 11) is 0. The fraction of sp³-hybridized carbons (Fsp3) is 0.158. The van der Waals surface area contributed by atoms with Gasteiger partial charge in [-0.05, 0) is 106 Å². The maximum atomic E-state index is 4.66. The van der Waals surface area contributed by atoms with Crippen molar-refractivity contribution < 1.29 is 0 Å². The average Bonchev–Trinajstić information content (AvgIpc) is 2.97. The summed E-state index contributed by atoms with van der Waals surface area (Å²) in [5.74, 6) is 0.633. The van der Waals surface area contributed by atoms with Gasteiger partial charge in [0.05, 0.1) is 17.1 Å². The van der Waals surface area contributed by atoms with Gasteiger partial charge in [0.25, 0.3) is 0 Å². The average molecular weight is 549 g/mol. The summed E-state index contributed by atoms with van der Waals surface area (Å²) in [4.78, 5) is 13.9. The van der Waals surface area contributed by atoms with Gasteiger partial charge in [0, 0.05) is 29.2 Å². The highest BCUT2D eigenvalue weighted by Crippen LogP contribution is 2.44. The fourth-order valence-electron chi connectivity index (χ4n) is 6.34. The third kappa shape index (κ3) is 5.01. The van der Waals surface area contributed by atoms with Gasteiger partial charge in [-0.25, -0.2) is 9.97 Å². The second-order valence-corrected chi connectivity index (χ2v) is 11.2. The molecule has 0 N–H and O–H groups in total. The maximum Gasteiger partial charge on any atom is 0.234 e. The van der Waals surface area contributed by atoms with E-state index in [4.69, 9.17) is 0 Å². The van der Waals surface area contributed by atoms with Gasteiger partial charge in [0.2, 0.25) is 5.95 Å². The first-order chi connectivity index (χ1) is 20.3. The molecule has 0 radical (unpaired) electrons. The van der Waals surface area contributed by atoms with Crippen molar-refractivity contribution in [1.29, 1.82) is 0 Å². The van der Waals surface area contributed by atoms with E-state index < -0.39 is 0 Å². The van der Waals surface area contributed by atoms with Crippen LogP contribution in [0.15, 0.2) is 109 Å². The Balaban J connectivity index is 1.54. The molecule has 0 saturated heterocycles. The Morgan fingerprint density at radius 2 is 0.952 bits per heavy atom. The van der Waals surface area contributed by atoms with E-state index in [1.165, 1.54) is 50.1 Å². The zero-order chi connectivity index (χ0) is 29.4. The van der Waals surface area contributed by atoms with E-state index in [0.29, 0.717) is 5.95 Å². The number of aromatic nitrogens is 2. The Kier molecular flexibility index (Phi) is 7.22. The van der Waals surface area contributed by atoms with E-state index in [1.54, 1.807) is 12.4 Å². The normalized spacial score (nSPS) is 11.1. The van der Waals surface area contributed by atoms with Gasteiger partial charge in [-0.15, -0.1) is 0 Å². The molecule has 42 heavy (non-hydrogen) atoms. The Hall–Kier alpha value is -4.96. The molecule has 0 atom stereocenters. The van der Waals surface area contributed by atoms with E-state index in [9.17, 15) is 0 Å². The fourth-order valence-corrected chi connectivity index (χ4v) is 6.34. The molecule has 208 valence electrons. The molecule has 1 aromatic heterocycles. The zero-order valence-corrected chi connectivity index (χ0v) is 25.2. The Labute approximate surface area is 248 Å². The van der Waals surface area contributed by atoms with Crippen molar-refractivity contribution in [3.8, 4) is 0 Å². The summed E-state index contributed by atoms with van der Waals surface area (Å²) in [6, 6.07) is 34.6. The van der Waals surface area contributed by atoms with Crippen LogP contribution < -0.4 is 9.80 Å². The van der Waals surface area contributed by atoms with Gasteiger partial charge in [-0.2, -0.15) is 0 Å². The first kappa shape index (κ1) is 27.2. The summed E-state index contributed by atoms with van der Waals surface area (Å²) in [6.45, 7) is 13.2. The standard InChI is InChI=1S/C38H36N4/c1-25-21-27(3)36(28(4)22-25)42(37-29(5)23-26(2)24-30(37)6)33-17-15-32(16-18-33)41(38-39-19-10-20-40-38)35-14-9-12-31-11-7-8-13-34(31)35/h7-24H,1-6H3. The first-order valence-corrected chi connectivity index (χ1v) is 14.4. The van der Waals surface area contributed by atoms with Crippen LogP contribution in [-0.4, -0.2) is 9.97 Å². The highest BCUT2D eigenvalue weighted by Gasteiger charge is 2.22. The Bertz CT molecular complexity index is 1780. The van der Waals surface area contributed by atoms with Crippen LogP contribution in [0.3, 0.4) is 0 Å². The predicted octanol–water partition coefficient (Wildman–Crippen LogP) is 10.4. The van der Waals surface area contributed by atoms with Crippen molar-refractivity contribution in [2.75, 3.05) is 9.80 Å². The summed E-state index contributed by atoms with van der Waals surface area (Å²) in [5.41, 5.74) is 13.2. The number of hydrogen-bond donors (Lipinski definition) is 0. The summed E-state index contributed by atoms with van der Waals surface area (Å²) >= 11 is 0. The molecule has 0 aliphatic heterocycles. The summed E-state index contributed by atoms with van der Waals surface area (Å²) in [5, 5.41) is 2.32. The third-order valence-electron chi connectivity index (χ3n) is 7.84. The van der Waals surface area contributed by atoms with E-state index in [2.05, 4.69) is 152 Å². The molecule has 0 aliphatic rings. The Morgan fingerprint density at radius 3 is 1.50 bits per heavy atom. The van der Waals surface area contributed by atoms with Crippen molar-refractivity contribution in [3.63, 3.8) is 0 Å². The van der Waals surface area contributed by atoms with Crippen molar-refractivity contribution in [3.05, 3.63) is 143 Å². The monoisotopic (exact) mass is 548 g/mol. The lowest BCUT2D eigenvalue weighted by molar-refractivity contribution is 1.08. The molecule has 0 aliphatic carbocycles. The molecule has 0 saturated carbocycles. The lowest BCUT2D eigenvalue weighted by Gasteiger charge is -2.32. The molecule has 0 spiro atoms. The molecule has 4 heteroatoms. The molecule has 0 fully saturated rings. The predicted molar refractivity (Wildman–Crippen MR) is 177 cm³/mol. The molecule has 0 unspecified atom stereocenters. The Morgan fingerprint density at radius 1 is 0.476 bits per heavy atom. The number of anilines is 6. The molecule has 1 heterocycles. The van der Waals surface area contributed by atoms with Crippen LogP contribution >= 0.6 is 0 Å². The smallest absolute Gasteiger partial charge is 0.234 e. The highest BCUT2D eigenvalue weighted by molar-refractivity contribution is 5.98. The van der Waals surface area contributed by atoms with Crippen molar-refractivity contribution in [2.45, 2.75) is 41.5 Å². The van der Waals surface area contributed by atoms with Gasteiger partial charge in [0.15, 0.2) is 0 Å². The minimum Gasteiger partial charge on any atom is -0.309 e. The molecular formula is C38H36N4. The van der Waals surface area contributed by atoms with Crippen LogP contribution in [-0.2, 0) is 0 Å². The van der Waals surface area contributed by atoms with Crippen LogP contribution in [0.25, 0.3) is 10.8 Å². The number of hydrogen-bond acceptors (Lipinski definition) is 4. The topological polar surface area (TPSA) is 32.3 Å². The molecule has 6 aromatic rings. The van der Waals surface area contributed by atoms with Gasteiger partial charge in [0.1, 0.15) is 0 Å². The van der Waals surface area contributed by atoms with Crippen LogP contribution in [0.4, 0.5) is 34.4 Å². The van der Waals surface area contributed by atoms with Crippen molar-refractivity contribution >= 4 is 45.2 Å². The number of nitrogens with zero attached hydrogens (tertiary/aromatic N) is 4. The molecule has 6 rings (SSSR count). The number of aryl methyl sites for hydroxylation is 6. The van der Waals surface area contributed by atoms with Crippen LogP contribution in [0.5, 0.6) is 0 Å². The quantitative estimate of drug-likeness (QED) is 0.207. The van der Waals surface area contributed by atoms with Gasteiger partial charge in [-0.1, -0.05) is 71.8 Å². The largest absolute Gasteiger partial charge is 0.309 e. The maximum absolute atomic E-state index is 4.66. The minimum atomic E-state index is 0.633. The van der Waals surface area contributed by atoms with Gasteiger partial charge < -0.3 is 4.90 Å². The van der Waals surface area contributed by atoms with E-state index in [1.807, 2.05) is 6.07 Å². The number of benzene rings is 5. The van der Waals surface area contributed by atoms with Crippen LogP contribution in [0, 0.1) is 41.5 Å². The number of rotatable bonds is 6. The van der Waals surface area contributed by atoms with Crippen LogP contribution in [0.1, 0.15) is 33.4 Å². The first-order valence-electron chi connectivity index (χ1n) is 14.4. The van der Waals surface area contributed by atoms with E-state index in [0.717, 1.165) is 22.4 Å². The lowest BCUT2D eigenvalue weighted by atomic mass is 9.98. The van der Waals surface area contributed by atoms with E-state index >= 15 is 0 Å². The SMILES string of the molecule is Cc1cc(C)c(N(c2ccc(N(c3ncccn3)c3cccc4ccccc34)cc2)c2c(C)cc(C)cc2C)c(C)c1. The lowest BCUT2D eigenvalue weighted by Crippen LogP contribution is -2.17. The molecule has 0 bridgehead atoms.